The van der Waals surface area contributed by atoms with Crippen LogP contribution in [0.15, 0.2) is 24.3 Å². The van der Waals surface area contributed by atoms with E-state index in [1.54, 1.807) is 24.0 Å². The first-order valence-corrected chi connectivity index (χ1v) is 8.75. The van der Waals surface area contributed by atoms with Gasteiger partial charge in [-0.3, -0.25) is 9.59 Å². The van der Waals surface area contributed by atoms with E-state index in [1.807, 2.05) is 12.1 Å². The monoisotopic (exact) mass is 353 g/mol. The van der Waals surface area contributed by atoms with Crippen molar-refractivity contribution in [2.24, 2.45) is 0 Å². The molecule has 1 amide bonds. The molecule has 1 saturated heterocycles. The van der Waals surface area contributed by atoms with E-state index in [1.165, 1.54) is 0 Å². The fraction of sp³-hybridized carbons (Fsp3) is 0.556. The second-order valence-electron chi connectivity index (χ2n) is 5.83. The Labute approximate surface area is 147 Å². The van der Waals surface area contributed by atoms with Crippen LogP contribution in [0.25, 0.3) is 0 Å². The third kappa shape index (κ3) is 6.13. The standard InChI is InChI=1S/C18H24ClNO4/c1-2-23-18(22)9-10-20(13-16-4-3-11-24-16)17(21)12-14-5-7-15(19)8-6-14/h5-8,16H,2-4,9-13H2,1H3. The summed E-state index contributed by atoms with van der Waals surface area (Å²) in [6, 6.07) is 7.23. The number of nitrogens with zero attached hydrogens (tertiary/aromatic N) is 1. The molecule has 1 fully saturated rings. The number of hydrogen-bond donors (Lipinski definition) is 0. The van der Waals surface area contributed by atoms with E-state index in [9.17, 15) is 9.59 Å². The molecule has 5 nitrogen and oxygen atoms in total. The van der Waals surface area contributed by atoms with Gasteiger partial charge in [-0.15, -0.1) is 0 Å². The summed E-state index contributed by atoms with van der Waals surface area (Å²) < 4.78 is 10.6. The average Bonchev–Trinajstić information content (AvgIpc) is 3.07. The zero-order chi connectivity index (χ0) is 17.4. The Morgan fingerprint density at radius 1 is 1.33 bits per heavy atom. The summed E-state index contributed by atoms with van der Waals surface area (Å²) in [6.07, 6.45) is 2.51. The van der Waals surface area contributed by atoms with Crippen molar-refractivity contribution in [1.29, 1.82) is 0 Å². The minimum atomic E-state index is -0.283. The zero-order valence-electron chi connectivity index (χ0n) is 14.0. The third-order valence-electron chi connectivity index (χ3n) is 3.96. The van der Waals surface area contributed by atoms with Crippen LogP contribution < -0.4 is 0 Å². The van der Waals surface area contributed by atoms with Crippen molar-refractivity contribution in [3.63, 3.8) is 0 Å². The Kier molecular flexibility index (Phi) is 7.53. The first-order chi connectivity index (χ1) is 11.6. The molecule has 1 aromatic rings. The molecule has 0 radical (unpaired) electrons. The summed E-state index contributed by atoms with van der Waals surface area (Å²) in [4.78, 5) is 25.9. The van der Waals surface area contributed by atoms with E-state index >= 15 is 0 Å². The Morgan fingerprint density at radius 2 is 2.08 bits per heavy atom. The van der Waals surface area contributed by atoms with Gasteiger partial charge in [0.05, 0.1) is 25.6 Å². The molecule has 0 aliphatic carbocycles. The van der Waals surface area contributed by atoms with E-state index in [4.69, 9.17) is 21.1 Å². The van der Waals surface area contributed by atoms with Gasteiger partial charge in [0.2, 0.25) is 5.91 Å². The molecule has 6 heteroatoms. The van der Waals surface area contributed by atoms with Gasteiger partial charge in [-0.25, -0.2) is 0 Å². The van der Waals surface area contributed by atoms with E-state index in [0.717, 1.165) is 25.0 Å². The van der Waals surface area contributed by atoms with Crippen molar-refractivity contribution in [2.45, 2.75) is 38.7 Å². The Hall–Kier alpha value is -1.59. The summed E-state index contributed by atoms with van der Waals surface area (Å²) >= 11 is 5.88. The number of carbonyl (C=O) groups is 2. The van der Waals surface area contributed by atoms with E-state index in [2.05, 4.69) is 0 Å². The van der Waals surface area contributed by atoms with Crippen LogP contribution in [-0.4, -0.2) is 49.2 Å². The maximum atomic E-state index is 12.6. The fourth-order valence-electron chi connectivity index (χ4n) is 2.70. The second-order valence-corrected chi connectivity index (χ2v) is 6.27. The number of halogens is 1. The second kappa shape index (κ2) is 9.64. The molecular formula is C18H24ClNO4. The molecule has 0 aromatic heterocycles. The van der Waals surface area contributed by atoms with Crippen molar-refractivity contribution in [1.82, 2.24) is 4.90 Å². The van der Waals surface area contributed by atoms with Crippen molar-refractivity contribution in [3.8, 4) is 0 Å². The molecule has 1 unspecified atom stereocenters. The molecule has 0 spiro atoms. The maximum absolute atomic E-state index is 12.6. The van der Waals surface area contributed by atoms with Crippen LogP contribution in [0.4, 0.5) is 0 Å². The quantitative estimate of drug-likeness (QED) is 0.674. The van der Waals surface area contributed by atoms with Crippen LogP contribution in [0.2, 0.25) is 5.02 Å². The highest BCUT2D eigenvalue weighted by Crippen LogP contribution is 2.15. The molecule has 1 aromatic carbocycles. The van der Waals surface area contributed by atoms with E-state index in [0.29, 0.717) is 24.7 Å². The van der Waals surface area contributed by atoms with Crippen molar-refractivity contribution in [2.75, 3.05) is 26.3 Å². The molecule has 1 heterocycles. The molecule has 24 heavy (non-hydrogen) atoms. The first kappa shape index (κ1) is 18.7. The highest BCUT2D eigenvalue weighted by molar-refractivity contribution is 6.30. The molecule has 0 saturated carbocycles. The van der Waals surface area contributed by atoms with E-state index in [-0.39, 0.29) is 30.8 Å². The number of esters is 1. The molecule has 1 atom stereocenters. The third-order valence-corrected chi connectivity index (χ3v) is 4.21. The number of benzene rings is 1. The van der Waals surface area contributed by atoms with Gasteiger partial charge in [0.25, 0.3) is 0 Å². The number of ether oxygens (including phenoxy) is 2. The van der Waals surface area contributed by atoms with Crippen LogP contribution in [0.3, 0.4) is 0 Å². The van der Waals surface area contributed by atoms with Gasteiger partial charge >= 0.3 is 5.97 Å². The predicted octanol–water partition coefficient (Wildman–Crippen LogP) is 2.84. The highest BCUT2D eigenvalue weighted by atomic mass is 35.5. The van der Waals surface area contributed by atoms with Gasteiger partial charge in [-0.05, 0) is 37.5 Å². The maximum Gasteiger partial charge on any atom is 0.307 e. The first-order valence-electron chi connectivity index (χ1n) is 8.38. The van der Waals surface area contributed by atoms with Gasteiger partial charge in [-0.2, -0.15) is 0 Å². The summed E-state index contributed by atoms with van der Waals surface area (Å²) in [5.74, 6) is -0.300. The summed E-state index contributed by atoms with van der Waals surface area (Å²) in [7, 11) is 0. The topological polar surface area (TPSA) is 55.8 Å². The van der Waals surface area contributed by atoms with Crippen molar-refractivity contribution >= 4 is 23.5 Å². The number of carbonyl (C=O) groups excluding carboxylic acids is 2. The lowest BCUT2D eigenvalue weighted by atomic mass is 10.1. The molecule has 1 aliphatic heterocycles. The Balaban J connectivity index is 1.95. The lowest BCUT2D eigenvalue weighted by molar-refractivity contribution is -0.144. The van der Waals surface area contributed by atoms with Crippen LogP contribution in [0.1, 0.15) is 31.7 Å². The molecule has 0 bridgehead atoms. The number of amides is 1. The zero-order valence-corrected chi connectivity index (χ0v) is 14.8. The van der Waals surface area contributed by atoms with Crippen molar-refractivity contribution in [3.05, 3.63) is 34.9 Å². The largest absolute Gasteiger partial charge is 0.466 e. The molecule has 132 valence electrons. The number of hydrogen-bond acceptors (Lipinski definition) is 4. The van der Waals surface area contributed by atoms with Gasteiger partial charge in [-0.1, -0.05) is 23.7 Å². The summed E-state index contributed by atoms with van der Waals surface area (Å²) in [6.45, 7) is 3.73. The molecule has 1 aliphatic rings. The normalized spacial score (nSPS) is 16.8. The van der Waals surface area contributed by atoms with E-state index < -0.39 is 0 Å². The van der Waals surface area contributed by atoms with Crippen LogP contribution >= 0.6 is 11.6 Å². The smallest absolute Gasteiger partial charge is 0.307 e. The Bertz CT molecular complexity index is 540. The Morgan fingerprint density at radius 3 is 2.71 bits per heavy atom. The molecular weight excluding hydrogens is 330 g/mol. The SMILES string of the molecule is CCOC(=O)CCN(CC1CCCO1)C(=O)Cc1ccc(Cl)cc1. The van der Waals surface area contributed by atoms with Crippen LogP contribution in [-0.2, 0) is 25.5 Å². The van der Waals surface area contributed by atoms with Gasteiger partial charge in [0, 0.05) is 24.7 Å². The number of rotatable bonds is 8. The molecule has 2 rings (SSSR count). The van der Waals surface area contributed by atoms with Crippen LogP contribution in [0, 0.1) is 0 Å². The lowest BCUT2D eigenvalue weighted by Gasteiger charge is -2.25. The summed E-state index contributed by atoms with van der Waals surface area (Å²) in [5, 5.41) is 0.643. The van der Waals surface area contributed by atoms with Crippen molar-refractivity contribution < 1.29 is 19.1 Å². The lowest BCUT2D eigenvalue weighted by Crippen LogP contribution is -2.39. The van der Waals surface area contributed by atoms with Crippen LogP contribution in [0.5, 0.6) is 0 Å². The summed E-state index contributed by atoms with van der Waals surface area (Å²) in [5.41, 5.74) is 0.901. The minimum absolute atomic E-state index is 0.0166. The van der Waals surface area contributed by atoms with Gasteiger partial charge in [0.15, 0.2) is 0 Å². The fourth-order valence-corrected chi connectivity index (χ4v) is 2.83. The minimum Gasteiger partial charge on any atom is -0.466 e. The van der Waals surface area contributed by atoms with Gasteiger partial charge < -0.3 is 14.4 Å². The predicted molar refractivity (Wildman–Crippen MR) is 92.0 cm³/mol. The average molecular weight is 354 g/mol. The van der Waals surface area contributed by atoms with Gasteiger partial charge in [0.1, 0.15) is 0 Å². The highest BCUT2D eigenvalue weighted by Gasteiger charge is 2.23. The molecule has 0 N–H and O–H groups in total.